The van der Waals surface area contributed by atoms with E-state index in [0.717, 1.165) is 29.0 Å². The first-order chi connectivity index (χ1) is 12.6. The third-order valence-corrected chi connectivity index (χ3v) is 6.22. The van der Waals surface area contributed by atoms with E-state index in [1.54, 1.807) is 35.9 Å². The zero-order chi connectivity index (χ0) is 18.1. The molecular weight excluding hydrogens is 391 g/mol. The van der Waals surface area contributed by atoms with Crippen LogP contribution in [0.2, 0.25) is 10.0 Å². The lowest BCUT2D eigenvalue weighted by Gasteiger charge is -2.18. The van der Waals surface area contributed by atoms with Crippen molar-refractivity contribution in [2.45, 2.75) is 26.2 Å². The van der Waals surface area contributed by atoms with Gasteiger partial charge in [-0.3, -0.25) is 0 Å². The molecular formula is C19H18Cl2N2O2S. The summed E-state index contributed by atoms with van der Waals surface area (Å²) in [6.07, 6.45) is 4.95. The number of nitrogens with zero attached hydrogens (tertiary/aromatic N) is 2. The minimum Gasteiger partial charge on any atom is -0.488 e. The van der Waals surface area contributed by atoms with Crippen molar-refractivity contribution >= 4 is 44.8 Å². The lowest BCUT2D eigenvalue weighted by atomic mass is 9.89. The summed E-state index contributed by atoms with van der Waals surface area (Å²) in [6, 6.07) is 5.16. The minimum absolute atomic E-state index is 0.371. The van der Waals surface area contributed by atoms with Crippen LogP contribution in [0.4, 0.5) is 0 Å². The number of ether oxygens (including phenoxy) is 2. The number of halogens is 2. The highest BCUT2D eigenvalue weighted by molar-refractivity contribution is 7.18. The van der Waals surface area contributed by atoms with Crippen molar-refractivity contribution in [3.63, 3.8) is 0 Å². The third-order valence-electron chi connectivity index (χ3n) is 4.53. The standard InChI is InChI=1S/C19H18Cl2N2O2S/c1-11-2-4-13-16(8-11)26-19-17(13)18(22-10-23-19)25-7-6-24-15-5-3-12(20)9-14(15)21/h3,5,9-11H,2,4,6-8H2,1H3. The molecule has 3 aromatic rings. The number of aromatic nitrogens is 2. The van der Waals surface area contributed by atoms with Crippen molar-refractivity contribution in [1.29, 1.82) is 0 Å². The number of aryl methyl sites for hydroxylation is 1. The molecule has 2 aromatic heterocycles. The zero-order valence-electron chi connectivity index (χ0n) is 14.3. The Labute approximate surface area is 166 Å². The first-order valence-corrected chi connectivity index (χ1v) is 10.1. The molecule has 0 fully saturated rings. The van der Waals surface area contributed by atoms with E-state index < -0.39 is 0 Å². The molecule has 0 aliphatic heterocycles. The lowest BCUT2D eigenvalue weighted by molar-refractivity contribution is 0.213. The quantitative estimate of drug-likeness (QED) is 0.516. The number of fused-ring (bicyclic) bond motifs is 3. The summed E-state index contributed by atoms with van der Waals surface area (Å²) >= 11 is 13.8. The van der Waals surface area contributed by atoms with Gasteiger partial charge in [0.05, 0.1) is 10.4 Å². The number of hydrogen-bond donors (Lipinski definition) is 0. The molecule has 1 aromatic carbocycles. The van der Waals surface area contributed by atoms with Crippen LogP contribution in [-0.2, 0) is 12.8 Å². The summed E-state index contributed by atoms with van der Waals surface area (Å²) in [5.41, 5.74) is 1.36. The van der Waals surface area contributed by atoms with Gasteiger partial charge in [-0.05, 0) is 48.9 Å². The topological polar surface area (TPSA) is 44.2 Å². The Kier molecular flexibility index (Phi) is 5.20. The summed E-state index contributed by atoms with van der Waals surface area (Å²) in [4.78, 5) is 11.2. The van der Waals surface area contributed by atoms with Gasteiger partial charge in [0.2, 0.25) is 5.88 Å². The van der Waals surface area contributed by atoms with E-state index in [1.165, 1.54) is 16.9 Å². The van der Waals surface area contributed by atoms with Crippen LogP contribution in [-0.4, -0.2) is 23.2 Å². The fourth-order valence-corrected chi connectivity index (χ4v) is 5.04. The first kappa shape index (κ1) is 17.8. The average Bonchev–Trinajstić information content (AvgIpc) is 2.98. The molecule has 4 nitrogen and oxygen atoms in total. The molecule has 0 saturated carbocycles. The van der Waals surface area contributed by atoms with E-state index in [2.05, 4.69) is 16.9 Å². The molecule has 26 heavy (non-hydrogen) atoms. The van der Waals surface area contributed by atoms with Crippen molar-refractivity contribution < 1.29 is 9.47 Å². The summed E-state index contributed by atoms with van der Waals surface area (Å²) < 4.78 is 11.6. The highest BCUT2D eigenvalue weighted by atomic mass is 35.5. The summed E-state index contributed by atoms with van der Waals surface area (Å²) in [5, 5.41) is 2.14. The van der Waals surface area contributed by atoms with Gasteiger partial charge in [0, 0.05) is 9.90 Å². The Morgan fingerprint density at radius 2 is 2.04 bits per heavy atom. The van der Waals surface area contributed by atoms with Crippen molar-refractivity contribution in [3.05, 3.63) is 45.0 Å². The monoisotopic (exact) mass is 408 g/mol. The van der Waals surface area contributed by atoms with Crippen molar-refractivity contribution in [2.75, 3.05) is 13.2 Å². The smallest absolute Gasteiger partial charge is 0.225 e. The number of thiophene rings is 1. The van der Waals surface area contributed by atoms with E-state index in [-0.39, 0.29) is 0 Å². The number of benzene rings is 1. The van der Waals surface area contributed by atoms with E-state index in [4.69, 9.17) is 32.7 Å². The van der Waals surface area contributed by atoms with Crippen LogP contribution in [0, 0.1) is 5.92 Å². The van der Waals surface area contributed by atoms with Gasteiger partial charge in [-0.25, -0.2) is 9.97 Å². The SMILES string of the molecule is CC1CCc2c(sc3ncnc(OCCOc4ccc(Cl)cc4Cl)c23)C1. The molecule has 1 aliphatic carbocycles. The molecule has 0 bridgehead atoms. The Morgan fingerprint density at radius 3 is 2.88 bits per heavy atom. The molecule has 4 rings (SSSR count). The molecule has 136 valence electrons. The van der Waals surface area contributed by atoms with Crippen LogP contribution < -0.4 is 9.47 Å². The second kappa shape index (κ2) is 7.59. The average molecular weight is 409 g/mol. The van der Waals surface area contributed by atoms with Crippen LogP contribution in [0.5, 0.6) is 11.6 Å². The molecule has 1 unspecified atom stereocenters. The van der Waals surface area contributed by atoms with Crippen molar-refractivity contribution in [2.24, 2.45) is 5.92 Å². The summed E-state index contributed by atoms with van der Waals surface area (Å²) in [6.45, 7) is 3.05. The largest absolute Gasteiger partial charge is 0.488 e. The highest BCUT2D eigenvalue weighted by Gasteiger charge is 2.23. The van der Waals surface area contributed by atoms with Gasteiger partial charge in [0.15, 0.2) is 0 Å². The minimum atomic E-state index is 0.371. The van der Waals surface area contributed by atoms with Gasteiger partial charge < -0.3 is 9.47 Å². The predicted octanol–water partition coefficient (Wildman–Crippen LogP) is 5.58. The lowest BCUT2D eigenvalue weighted by Crippen LogP contribution is -2.11. The Balaban J connectivity index is 1.46. The molecule has 0 amide bonds. The normalized spacial score (nSPS) is 16.5. The van der Waals surface area contributed by atoms with Gasteiger partial charge in [-0.15, -0.1) is 11.3 Å². The fourth-order valence-electron chi connectivity index (χ4n) is 3.24. The van der Waals surface area contributed by atoms with Crippen LogP contribution >= 0.6 is 34.5 Å². The summed E-state index contributed by atoms with van der Waals surface area (Å²) in [5.74, 6) is 1.97. The van der Waals surface area contributed by atoms with E-state index in [0.29, 0.717) is 34.9 Å². The third kappa shape index (κ3) is 3.61. The molecule has 0 saturated heterocycles. The van der Waals surface area contributed by atoms with Gasteiger partial charge in [0.25, 0.3) is 0 Å². The maximum absolute atomic E-state index is 6.11. The Bertz CT molecular complexity index is 945. The van der Waals surface area contributed by atoms with Gasteiger partial charge in [-0.1, -0.05) is 30.1 Å². The van der Waals surface area contributed by atoms with Crippen molar-refractivity contribution in [1.82, 2.24) is 9.97 Å². The maximum atomic E-state index is 6.11. The van der Waals surface area contributed by atoms with Crippen LogP contribution in [0.25, 0.3) is 10.2 Å². The first-order valence-electron chi connectivity index (χ1n) is 8.57. The van der Waals surface area contributed by atoms with E-state index in [9.17, 15) is 0 Å². The molecule has 0 radical (unpaired) electrons. The van der Waals surface area contributed by atoms with E-state index in [1.807, 2.05) is 0 Å². The van der Waals surface area contributed by atoms with Crippen LogP contribution in [0.3, 0.4) is 0 Å². The van der Waals surface area contributed by atoms with Gasteiger partial charge in [-0.2, -0.15) is 0 Å². The molecule has 0 N–H and O–H groups in total. The highest BCUT2D eigenvalue weighted by Crippen LogP contribution is 2.40. The van der Waals surface area contributed by atoms with Crippen LogP contribution in [0.15, 0.2) is 24.5 Å². The van der Waals surface area contributed by atoms with Gasteiger partial charge >= 0.3 is 0 Å². The Morgan fingerprint density at radius 1 is 1.19 bits per heavy atom. The Hall–Kier alpha value is -1.56. The number of rotatable bonds is 5. The second-order valence-corrected chi connectivity index (χ2v) is 8.41. The van der Waals surface area contributed by atoms with E-state index >= 15 is 0 Å². The van der Waals surface area contributed by atoms with Crippen molar-refractivity contribution in [3.8, 4) is 11.6 Å². The predicted molar refractivity (Wildman–Crippen MR) is 106 cm³/mol. The second-order valence-electron chi connectivity index (χ2n) is 6.48. The summed E-state index contributed by atoms with van der Waals surface area (Å²) in [7, 11) is 0. The number of hydrogen-bond acceptors (Lipinski definition) is 5. The molecule has 1 aliphatic rings. The van der Waals surface area contributed by atoms with Gasteiger partial charge in [0.1, 0.15) is 30.1 Å². The zero-order valence-corrected chi connectivity index (χ0v) is 16.6. The molecule has 0 spiro atoms. The molecule has 1 atom stereocenters. The molecule has 2 heterocycles. The maximum Gasteiger partial charge on any atom is 0.225 e. The fraction of sp³-hybridized carbons (Fsp3) is 0.368. The molecule has 7 heteroatoms. The van der Waals surface area contributed by atoms with Crippen LogP contribution in [0.1, 0.15) is 23.8 Å².